The molecule has 0 aliphatic carbocycles. The van der Waals surface area contributed by atoms with Gasteiger partial charge in [0.15, 0.2) is 0 Å². The summed E-state index contributed by atoms with van der Waals surface area (Å²) in [6, 6.07) is 6.33. The van der Waals surface area contributed by atoms with Crippen molar-refractivity contribution in [3.63, 3.8) is 0 Å². The van der Waals surface area contributed by atoms with Gasteiger partial charge in [-0.15, -0.1) is 0 Å². The summed E-state index contributed by atoms with van der Waals surface area (Å²) in [5.74, 6) is 1.96. The SMILES string of the molecule is N#Cc1ccc(N2CCCCCC2)nc1N1CCCCCC1. The minimum absolute atomic E-state index is 0.723. The van der Waals surface area contributed by atoms with E-state index in [-0.39, 0.29) is 0 Å². The van der Waals surface area contributed by atoms with Gasteiger partial charge in [-0.2, -0.15) is 5.26 Å². The Labute approximate surface area is 133 Å². The fourth-order valence-corrected chi connectivity index (χ4v) is 3.53. The molecule has 1 aromatic rings. The lowest BCUT2D eigenvalue weighted by molar-refractivity contribution is 0.726. The minimum Gasteiger partial charge on any atom is -0.357 e. The van der Waals surface area contributed by atoms with Crippen LogP contribution < -0.4 is 9.80 Å². The number of aromatic nitrogens is 1. The molecule has 3 rings (SSSR count). The van der Waals surface area contributed by atoms with Crippen LogP contribution in [0.1, 0.15) is 56.9 Å². The van der Waals surface area contributed by atoms with E-state index in [1.54, 1.807) is 0 Å². The van der Waals surface area contributed by atoms with Crippen molar-refractivity contribution in [2.24, 2.45) is 0 Å². The number of anilines is 2. The summed E-state index contributed by atoms with van der Waals surface area (Å²) in [4.78, 5) is 9.63. The Morgan fingerprint density at radius 2 is 1.32 bits per heavy atom. The van der Waals surface area contributed by atoms with E-state index < -0.39 is 0 Å². The van der Waals surface area contributed by atoms with Crippen molar-refractivity contribution in [2.45, 2.75) is 51.4 Å². The highest BCUT2D eigenvalue weighted by Gasteiger charge is 2.18. The second-order valence-electron chi connectivity index (χ2n) is 6.45. The Morgan fingerprint density at radius 3 is 1.86 bits per heavy atom. The molecule has 0 atom stereocenters. The van der Waals surface area contributed by atoms with E-state index in [9.17, 15) is 5.26 Å². The minimum atomic E-state index is 0.723. The fourth-order valence-electron chi connectivity index (χ4n) is 3.53. The van der Waals surface area contributed by atoms with Crippen LogP contribution in [0, 0.1) is 11.3 Å². The maximum atomic E-state index is 9.44. The molecule has 0 spiro atoms. The van der Waals surface area contributed by atoms with Crippen LogP contribution in [-0.4, -0.2) is 31.2 Å². The first-order valence-electron chi connectivity index (χ1n) is 8.79. The van der Waals surface area contributed by atoms with Gasteiger partial charge in [-0.3, -0.25) is 0 Å². The molecule has 0 amide bonds. The number of rotatable bonds is 2. The van der Waals surface area contributed by atoms with Gasteiger partial charge in [-0.25, -0.2) is 4.98 Å². The third kappa shape index (κ3) is 3.52. The predicted octanol–water partition coefficient (Wildman–Crippen LogP) is 3.71. The van der Waals surface area contributed by atoms with Crippen molar-refractivity contribution in [3.05, 3.63) is 17.7 Å². The van der Waals surface area contributed by atoms with Gasteiger partial charge in [-0.05, 0) is 37.8 Å². The van der Waals surface area contributed by atoms with Crippen molar-refractivity contribution in [2.75, 3.05) is 36.0 Å². The van der Waals surface area contributed by atoms with E-state index in [1.807, 2.05) is 12.1 Å². The first-order valence-corrected chi connectivity index (χ1v) is 8.79. The third-order valence-corrected chi connectivity index (χ3v) is 4.82. The lowest BCUT2D eigenvalue weighted by atomic mass is 10.2. The highest BCUT2D eigenvalue weighted by molar-refractivity contribution is 5.59. The van der Waals surface area contributed by atoms with Gasteiger partial charge in [-0.1, -0.05) is 25.7 Å². The van der Waals surface area contributed by atoms with E-state index in [0.717, 1.165) is 43.4 Å². The van der Waals surface area contributed by atoms with E-state index in [4.69, 9.17) is 4.98 Å². The maximum absolute atomic E-state index is 9.44. The van der Waals surface area contributed by atoms with Crippen LogP contribution in [0.15, 0.2) is 12.1 Å². The number of hydrogen-bond donors (Lipinski definition) is 0. The van der Waals surface area contributed by atoms with Gasteiger partial charge in [0.1, 0.15) is 17.7 Å². The van der Waals surface area contributed by atoms with Gasteiger partial charge in [0.05, 0.1) is 5.56 Å². The van der Waals surface area contributed by atoms with Crippen LogP contribution in [0.25, 0.3) is 0 Å². The van der Waals surface area contributed by atoms with Gasteiger partial charge >= 0.3 is 0 Å². The Hall–Kier alpha value is -1.76. The first-order chi connectivity index (χ1) is 10.9. The molecular weight excluding hydrogens is 272 g/mol. The summed E-state index contributed by atoms with van der Waals surface area (Å²) in [5, 5.41) is 9.44. The molecule has 0 N–H and O–H groups in total. The quantitative estimate of drug-likeness (QED) is 0.834. The summed E-state index contributed by atoms with van der Waals surface area (Å²) in [7, 11) is 0. The molecule has 2 saturated heterocycles. The largest absolute Gasteiger partial charge is 0.357 e. The second-order valence-corrected chi connectivity index (χ2v) is 6.45. The molecule has 2 fully saturated rings. The van der Waals surface area contributed by atoms with E-state index in [2.05, 4.69) is 15.9 Å². The Bertz CT molecular complexity index is 518. The van der Waals surface area contributed by atoms with Crippen LogP contribution >= 0.6 is 0 Å². The molecule has 0 bridgehead atoms. The molecule has 0 saturated carbocycles. The standard InChI is InChI=1S/C18H26N4/c19-15-16-9-10-17(21-11-5-1-2-6-12-21)20-18(16)22-13-7-3-4-8-14-22/h9-10H,1-8,11-14H2. The Morgan fingerprint density at radius 1 is 0.773 bits per heavy atom. The molecular formula is C18H26N4. The fraction of sp³-hybridized carbons (Fsp3) is 0.667. The smallest absolute Gasteiger partial charge is 0.148 e. The van der Waals surface area contributed by atoms with E-state index >= 15 is 0 Å². The number of nitrogens with zero attached hydrogens (tertiary/aromatic N) is 4. The van der Waals surface area contributed by atoms with Crippen LogP contribution in [0.4, 0.5) is 11.6 Å². The number of hydrogen-bond acceptors (Lipinski definition) is 4. The average Bonchev–Trinajstić information content (AvgIpc) is 2.99. The normalized spacial score (nSPS) is 20.1. The molecule has 1 aromatic heterocycles. The zero-order chi connectivity index (χ0) is 15.2. The van der Waals surface area contributed by atoms with Crippen molar-refractivity contribution >= 4 is 11.6 Å². The van der Waals surface area contributed by atoms with Crippen LogP contribution in [0.3, 0.4) is 0 Å². The highest BCUT2D eigenvalue weighted by Crippen LogP contribution is 2.26. The predicted molar refractivity (Wildman–Crippen MR) is 90.3 cm³/mol. The monoisotopic (exact) mass is 298 g/mol. The molecule has 0 unspecified atom stereocenters. The van der Waals surface area contributed by atoms with Crippen LogP contribution in [0.5, 0.6) is 0 Å². The molecule has 4 nitrogen and oxygen atoms in total. The zero-order valence-corrected chi connectivity index (χ0v) is 13.4. The summed E-state index contributed by atoms with van der Waals surface area (Å²) >= 11 is 0. The molecule has 22 heavy (non-hydrogen) atoms. The summed E-state index contributed by atoms with van der Waals surface area (Å²) in [5.41, 5.74) is 0.723. The van der Waals surface area contributed by atoms with Crippen molar-refractivity contribution in [3.8, 4) is 6.07 Å². The maximum Gasteiger partial charge on any atom is 0.148 e. The summed E-state index contributed by atoms with van der Waals surface area (Å²) in [6.45, 7) is 4.26. The number of pyridine rings is 1. The Kier molecular flexibility index (Phi) is 5.15. The zero-order valence-electron chi connectivity index (χ0n) is 13.4. The lowest BCUT2D eigenvalue weighted by Gasteiger charge is -2.26. The molecule has 118 valence electrons. The topological polar surface area (TPSA) is 43.2 Å². The second kappa shape index (κ2) is 7.49. The third-order valence-electron chi connectivity index (χ3n) is 4.82. The van der Waals surface area contributed by atoms with Gasteiger partial charge < -0.3 is 9.80 Å². The van der Waals surface area contributed by atoms with Crippen molar-refractivity contribution < 1.29 is 0 Å². The first kappa shape index (κ1) is 15.1. The van der Waals surface area contributed by atoms with Crippen LogP contribution in [0.2, 0.25) is 0 Å². The van der Waals surface area contributed by atoms with Gasteiger partial charge in [0.2, 0.25) is 0 Å². The molecule has 0 radical (unpaired) electrons. The molecule has 2 aliphatic heterocycles. The van der Waals surface area contributed by atoms with Crippen molar-refractivity contribution in [1.29, 1.82) is 5.26 Å². The van der Waals surface area contributed by atoms with E-state index in [0.29, 0.717) is 0 Å². The van der Waals surface area contributed by atoms with Gasteiger partial charge in [0, 0.05) is 26.2 Å². The van der Waals surface area contributed by atoms with Crippen molar-refractivity contribution in [1.82, 2.24) is 4.98 Å². The van der Waals surface area contributed by atoms with Crippen LogP contribution in [-0.2, 0) is 0 Å². The molecule has 0 aromatic carbocycles. The Balaban J connectivity index is 1.86. The molecule has 3 heterocycles. The average molecular weight is 298 g/mol. The van der Waals surface area contributed by atoms with Gasteiger partial charge in [0.25, 0.3) is 0 Å². The lowest BCUT2D eigenvalue weighted by Crippen LogP contribution is -2.29. The molecule has 2 aliphatic rings. The molecule has 4 heteroatoms. The summed E-state index contributed by atoms with van der Waals surface area (Å²) in [6.07, 6.45) is 10.2. The van der Waals surface area contributed by atoms with E-state index in [1.165, 1.54) is 51.4 Å². The highest BCUT2D eigenvalue weighted by atomic mass is 15.2. The summed E-state index contributed by atoms with van der Waals surface area (Å²) < 4.78 is 0. The number of nitriles is 1.